The van der Waals surface area contributed by atoms with E-state index in [1.54, 1.807) is 7.11 Å². The number of aryl methyl sites for hydroxylation is 1. The number of fused-ring (bicyclic) bond motifs is 1. The molecule has 0 atom stereocenters. The van der Waals surface area contributed by atoms with E-state index in [1.165, 1.54) is 22.6 Å². The Morgan fingerprint density at radius 2 is 1.89 bits per heavy atom. The van der Waals surface area contributed by atoms with Crippen molar-refractivity contribution in [1.29, 1.82) is 0 Å². The molecule has 1 aromatic heterocycles. The fraction of sp³-hybridized carbons (Fsp3) is 0.273. The molecule has 138 valence electrons. The maximum absolute atomic E-state index is 12.6. The van der Waals surface area contributed by atoms with Gasteiger partial charge in [-0.15, -0.1) is 0 Å². The van der Waals surface area contributed by atoms with Crippen LogP contribution in [0.25, 0.3) is 11.3 Å². The van der Waals surface area contributed by atoms with E-state index < -0.39 is 0 Å². The monoisotopic (exact) mass is 362 g/mol. The standard InChI is InChI=1S/C22H23N3O2/c1-16-5-7-17(8-6-16)20-14-24(22-4-3-13-25(20)22)15-21(26)23-18-9-11-19(27-2)12-10-18/h5-12,14H,3-4,13,15H2,1-2H3/p+1. The molecule has 2 aromatic carbocycles. The smallest absolute Gasteiger partial charge is 0.266 e. The lowest BCUT2D eigenvalue weighted by atomic mass is 10.1. The molecule has 3 aromatic rings. The zero-order chi connectivity index (χ0) is 18.8. The summed E-state index contributed by atoms with van der Waals surface area (Å²) in [5, 5.41) is 2.96. The Kier molecular flexibility index (Phi) is 4.67. The number of hydrogen-bond donors (Lipinski definition) is 1. The fourth-order valence-corrected chi connectivity index (χ4v) is 3.63. The summed E-state index contributed by atoms with van der Waals surface area (Å²) < 4.78 is 9.58. The molecular formula is C22H24N3O2+. The lowest BCUT2D eigenvalue weighted by Crippen LogP contribution is -2.42. The minimum absolute atomic E-state index is 0.0269. The Morgan fingerprint density at radius 3 is 2.59 bits per heavy atom. The van der Waals surface area contributed by atoms with Crippen molar-refractivity contribution in [3.05, 3.63) is 66.1 Å². The summed E-state index contributed by atoms with van der Waals surface area (Å²) in [7, 11) is 1.63. The number of methoxy groups -OCH3 is 1. The van der Waals surface area contributed by atoms with Crippen LogP contribution in [-0.2, 0) is 24.3 Å². The summed E-state index contributed by atoms with van der Waals surface area (Å²) >= 11 is 0. The van der Waals surface area contributed by atoms with E-state index >= 15 is 0 Å². The molecule has 1 aliphatic heterocycles. The number of benzene rings is 2. The van der Waals surface area contributed by atoms with Gasteiger partial charge in [0.05, 0.1) is 20.1 Å². The average Bonchev–Trinajstić information content (AvgIpc) is 3.27. The third-order valence-electron chi connectivity index (χ3n) is 5.03. The van der Waals surface area contributed by atoms with Gasteiger partial charge in [-0.3, -0.25) is 4.79 Å². The Balaban J connectivity index is 1.54. The number of amides is 1. The zero-order valence-electron chi connectivity index (χ0n) is 15.7. The molecule has 0 saturated heterocycles. The maximum Gasteiger partial charge on any atom is 0.266 e. The van der Waals surface area contributed by atoms with Crippen LogP contribution in [0, 0.1) is 6.92 Å². The second kappa shape index (κ2) is 7.27. The molecule has 0 unspecified atom stereocenters. The van der Waals surface area contributed by atoms with Crippen LogP contribution in [-0.4, -0.2) is 17.6 Å². The second-order valence-electron chi connectivity index (χ2n) is 6.96. The van der Waals surface area contributed by atoms with Gasteiger partial charge in [0, 0.05) is 11.3 Å². The van der Waals surface area contributed by atoms with E-state index in [-0.39, 0.29) is 5.91 Å². The van der Waals surface area contributed by atoms with E-state index in [4.69, 9.17) is 4.74 Å². The summed E-state index contributed by atoms with van der Waals surface area (Å²) in [6.07, 6.45) is 4.23. The first-order chi connectivity index (χ1) is 13.1. The first kappa shape index (κ1) is 17.3. The number of aromatic nitrogens is 2. The molecular weight excluding hydrogens is 338 g/mol. The number of ether oxygens (including phenoxy) is 1. The van der Waals surface area contributed by atoms with Crippen LogP contribution in [0.2, 0.25) is 0 Å². The van der Waals surface area contributed by atoms with Crippen LogP contribution in [0.15, 0.2) is 54.7 Å². The van der Waals surface area contributed by atoms with Crippen molar-refractivity contribution in [3.8, 4) is 17.0 Å². The lowest BCUT2D eigenvalue weighted by Gasteiger charge is -2.05. The first-order valence-corrected chi connectivity index (χ1v) is 9.27. The summed E-state index contributed by atoms with van der Waals surface area (Å²) in [4.78, 5) is 12.6. The first-order valence-electron chi connectivity index (χ1n) is 9.27. The van der Waals surface area contributed by atoms with Crippen LogP contribution < -0.4 is 14.6 Å². The summed E-state index contributed by atoms with van der Waals surface area (Å²) in [5.74, 6) is 1.96. The second-order valence-corrected chi connectivity index (χ2v) is 6.96. The van der Waals surface area contributed by atoms with Gasteiger partial charge in [-0.1, -0.05) is 29.8 Å². The predicted molar refractivity (Wildman–Crippen MR) is 105 cm³/mol. The van der Waals surface area contributed by atoms with Crippen molar-refractivity contribution in [3.63, 3.8) is 0 Å². The van der Waals surface area contributed by atoms with Crippen molar-refractivity contribution in [2.45, 2.75) is 32.9 Å². The molecule has 0 radical (unpaired) electrons. The molecule has 2 heterocycles. The van der Waals surface area contributed by atoms with Crippen LogP contribution in [0.4, 0.5) is 5.69 Å². The highest BCUT2D eigenvalue weighted by atomic mass is 16.5. The predicted octanol–water partition coefficient (Wildman–Crippen LogP) is 3.34. The number of nitrogens with zero attached hydrogens (tertiary/aromatic N) is 2. The molecule has 5 heteroatoms. The Bertz CT molecular complexity index is 956. The summed E-state index contributed by atoms with van der Waals surface area (Å²) in [5.41, 5.74) is 4.40. The molecule has 1 N–H and O–H groups in total. The van der Waals surface area contributed by atoms with Crippen LogP contribution >= 0.6 is 0 Å². The van der Waals surface area contributed by atoms with E-state index in [0.717, 1.165) is 30.8 Å². The highest BCUT2D eigenvalue weighted by Gasteiger charge is 2.29. The number of nitrogens with one attached hydrogen (secondary N) is 1. The van der Waals surface area contributed by atoms with Crippen molar-refractivity contribution in [2.24, 2.45) is 0 Å². The number of carbonyl (C=O) groups excluding carboxylic acids is 1. The SMILES string of the molecule is COc1ccc(NC(=O)C[n+]2cc(-c3ccc(C)cc3)n3c2CCC3)cc1. The molecule has 0 bridgehead atoms. The highest BCUT2D eigenvalue weighted by Crippen LogP contribution is 2.25. The van der Waals surface area contributed by atoms with Gasteiger partial charge in [0.1, 0.15) is 11.9 Å². The molecule has 5 nitrogen and oxygen atoms in total. The van der Waals surface area contributed by atoms with Gasteiger partial charge in [-0.25, -0.2) is 9.13 Å². The highest BCUT2D eigenvalue weighted by molar-refractivity contribution is 5.89. The summed E-state index contributed by atoms with van der Waals surface area (Å²) in [6, 6.07) is 15.9. The lowest BCUT2D eigenvalue weighted by molar-refractivity contribution is -0.690. The number of rotatable bonds is 5. The number of imidazole rings is 1. The van der Waals surface area contributed by atoms with Crippen molar-refractivity contribution < 1.29 is 14.1 Å². The van der Waals surface area contributed by atoms with Gasteiger partial charge in [0.2, 0.25) is 0 Å². The molecule has 1 aliphatic rings. The average molecular weight is 362 g/mol. The Labute approximate surface area is 159 Å². The van der Waals surface area contributed by atoms with Crippen molar-refractivity contribution in [1.82, 2.24) is 4.57 Å². The number of anilines is 1. The molecule has 0 saturated carbocycles. The molecule has 0 fully saturated rings. The quantitative estimate of drug-likeness (QED) is 0.708. The third kappa shape index (κ3) is 3.58. The fourth-order valence-electron chi connectivity index (χ4n) is 3.63. The maximum atomic E-state index is 12.6. The third-order valence-corrected chi connectivity index (χ3v) is 5.03. The minimum atomic E-state index is -0.0269. The molecule has 0 aliphatic carbocycles. The van der Waals surface area contributed by atoms with E-state index in [1.807, 2.05) is 24.3 Å². The van der Waals surface area contributed by atoms with E-state index in [2.05, 4.69) is 51.8 Å². The molecule has 1 amide bonds. The van der Waals surface area contributed by atoms with E-state index in [0.29, 0.717) is 6.54 Å². The number of hydrogen-bond acceptors (Lipinski definition) is 2. The van der Waals surface area contributed by atoms with Gasteiger partial charge < -0.3 is 10.1 Å². The van der Waals surface area contributed by atoms with Gasteiger partial charge in [0.25, 0.3) is 11.7 Å². The molecule has 4 rings (SSSR count). The van der Waals surface area contributed by atoms with Gasteiger partial charge in [-0.05, 0) is 37.6 Å². The van der Waals surface area contributed by atoms with Gasteiger partial charge in [-0.2, -0.15) is 0 Å². The molecule has 27 heavy (non-hydrogen) atoms. The van der Waals surface area contributed by atoms with Crippen molar-refractivity contribution >= 4 is 11.6 Å². The zero-order valence-corrected chi connectivity index (χ0v) is 15.7. The van der Waals surface area contributed by atoms with Gasteiger partial charge >= 0.3 is 0 Å². The van der Waals surface area contributed by atoms with Crippen LogP contribution in [0.5, 0.6) is 5.75 Å². The topological polar surface area (TPSA) is 47.1 Å². The van der Waals surface area contributed by atoms with Crippen LogP contribution in [0.1, 0.15) is 17.8 Å². The normalized spacial score (nSPS) is 12.7. The van der Waals surface area contributed by atoms with Crippen molar-refractivity contribution in [2.75, 3.05) is 12.4 Å². The Morgan fingerprint density at radius 1 is 1.15 bits per heavy atom. The minimum Gasteiger partial charge on any atom is -0.497 e. The Hall–Kier alpha value is -3.08. The molecule has 0 spiro atoms. The number of carbonyl (C=O) groups is 1. The largest absolute Gasteiger partial charge is 0.497 e. The van der Waals surface area contributed by atoms with Gasteiger partial charge in [0.15, 0.2) is 12.2 Å². The van der Waals surface area contributed by atoms with E-state index in [9.17, 15) is 4.79 Å². The van der Waals surface area contributed by atoms with Crippen LogP contribution in [0.3, 0.4) is 0 Å². The summed E-state index contributed by atoms with van der Waals surface area (Å²) in [6.45, 7) is 3.41.